The van der Waals surface area contributed by atoms with Crippen molar-refractivity contribution in [3.05, 3.63) is 81.8 Å². The Morgan fingerprint density at radius 1 is 1.09 bits per heavy atom. The lowest BCUT2D eigenvalue weighted by atomic mass is 10.1. The zero-order valence-corrected chi connectivity index (χ0v) is 18.5. The maximum absolute atomic E-state index is 13.3. The Morgan fingerprint density at radius 2 is 1.81 bits per heavy atom. The number of aryl methyl sites for hydroxylation is 1. The SMILES string of the molecule is CSc1nc(-c2ccc(F)cc2)nc(C)c1C(=O)N(C)Cc1nc2ccccc2c(=O)[nH]1. The van der Waals surface area contributed by atoms with Crippen LogP contribution in [0.3, 0.4) is 0 Å². The van der Waals surface area contributed by atoms with E-state index >= 15 is 0 Å². The van der Waals surface area contributed by atoms with Crippen molar-refractivity contribution in [2.75, 3.05) is 13.3 Å². The average Bonchev–Trinajstić information content (AvgIpc) is 2.78. The van der Waals surface area contributed by atoms with Gasteiger partial charge in [-0.05, 0) is 49.6 Å². The van der Waals surface area contributed by atoms with Crippen LogP contribution in [0, 0.1) is 12.7 Å². The van der Waals surface area contributed by atoms with E-state index in [1.54, 1.807) is 44.3 Å². The van der Waals surface area contributed by atoms with Gasteiger partial charge in [0.25, 0.3) is 11.5 Å². The summed E-state index contributed by atoms with van der Waals surface area (Å²) >= 11 is 1.33. The molecule has 0 aliphatic rings. The zero-order chi connectivity index (χ0) is 22.8. The third-order valence-corrected chi connectivity index (χ3v) is 5.64. The number of fused-ring (bicyclic) bond motifs is 1. The number of rotatable bonds is 5. The Labute approximate surface area is 187 Å². The number of aromatic amines is 1. The van der Waals surface area contributed by atoms with E-state index in [0.29, 0.717) is 44.4 Å². The molecule has 32 heavy (non-hydrogen) atoms. The third-order valence-electron chi connectivity index (χ3n) is 4.96. The van der Waals surface area contributed by atoms with Crippen LogP contribution in [0.2, 0.25) is 0 Å². The van der Waals surface area contributed by atoms with Gasteiger partial charge in [-0.1, -0.05) is 12.1 Å². The van der Waals surface area contributed by atoms with Crippen molar-refractivity contribution >= 4 is 28.6 Å². The molecule has 4 aromatic rings. The number of halogens is 1. The number of H-pyrrole nitrogens is 1. The maximum atomic E-state index is 13.3. The molecule has 2 aromatic heterocycles. The molecule has 162 valence electrons. The average molecular weight is 450 g/mol. The first kappa shape index (κ1) is 21.6. The molecule has 1 amide bonds. The number of para-hydroxylation sites is 1. The minimum Gasteiger partial charge on any atom is -0.334 e. The van der Waals surface area contributed by atoms with Gasteiger partial charge in [0.15, 0.2) is 5.82 Å². The molecular weight excluding hydrogens is 429 g/mol. The molecule has 1 N–H and O–H groups in total. The lowest BCUT2D eigenvalue weighted by molar-refractivity contribution is 0.0776. The van der Waals surface area contributed by atoms with E-state index < -0.39 is 0 Å². The molecular formula is C23H20FN5O2S. The number of carbonyl (C=O) groups excluding carboxylic acids is 1. The number of amides is 1. The summed E-state index contributed by atoms with van der Waals surface area (Å²) in [5, 5.41) is 1.02. The summed E-state index contributed by atoms with van der Waals surface area (Å²) in [5.74, 6) is 0.181. The molecule has 0 aliphatic carbocycles. The van der Waals surface area contributed by atoms with Gasteiger partial charge >= 0.3 is 0 Å². The van der Waals surface area contributed by atoms with Gasteiger partial charge in [0.1, 0.15) is 16.7 Å². The molecule has 9 heteroatoms. The van der Waals surface area contributed by atoms with E-state index in [4.69, 9.17) is 0 Å². The standard InChI is InChI=1S/C23H20FN5O2S/c1-13-19(22(32-3)28-20(25-13)14-8-10-15(24)11-9-14)23(31)29(2)12-18-26-17-7-5-4-6-16(17)21(30)27-18/h4-11H,12H2,1-3H3,(H,26,27,30). The second-order valence-electron chi connectivity index (χ2n) is 7.21. The molecule has 0 fully saturated rings. The van der Waals surface area contributed by atoms with Crippen LogP contribution in [0.4, 0.5) is 4.39 Å². The van der Waals surface area contributed by atoms with E-state index in [1.807, 2.05) is 12.3 Å². The van der Waals surface area contributed by atoms with Crippen molar-refractivity contribution in [2.45, 2.75) is 18.5 Å². The number of carbonyl (C=O) groups is 1. The predicted octanol–water partition coefficient (Wildman–Crippen LogP) is 3.82. The topological polar surface area (TPSA) is 91.8 Å². The van der Waals surface area contributed by atoms with Crippen molar-refractivity contribution in [2.24, 2.45) is 0 Å². The molecule has 4 rings (SSSR count). The second-order valence-corrected chi connectivity index (χ2v) is 8.01. The molecule has 0 aliphatic heterocycles. The van der Waals surface area contributed by atoms with Gasteiger partial charge in [-0.25, -0.2) is 19.3 Å². The minimum absolute atomic E-state index is 0.117. The van der Waals surface area contributed by atoms with Crippen LogP contribution in [0.5, 0.6) is 0 Å². The Kier molecular flexibility index (Phi) is 6.00. The number of nitrogens with one attached hydrogen (secondary N) is 1. The predicted molar refractivity (Wildman–Crippen MR) is 122 cm³/mol. The lowest BCUT2D eigenvalue weighted by Gasteiger charge is -2.19. The molecule has 0 unspecified atom stereocenters. The minimum atomic E-state index is -0.343. The number of aromatic nitrogens is 4. The molecule has 2 aromatic carbocycles. The van der Waals surface area contributed by atoms with E-state index in [0.717, 1.165) is 0 Å². The summed E-state index contributed by atoms with van der Waals surface area (Å²) in [6.07, 6.45) is 1.83. The Balaban J connectivity index is 1.65. The molecule has 0 spiro atoms. The Morgan fingerprint density at radius 3 is 2.53 bits per heavy atom. The van der Waals surface area contributed by atoms with E-state index in [2.05, 4.69) is 19.9 Å². The van der Waals surface area contributed by atoms with Crippen molar-refractivity contribution < 1.29 is 9.18 Å². The zero-order valence-electron chi connectivity index (χ0n) is 17.7. The molecule has 7 nitrogen and oxygen atoms in total. The molecule has 0 bridgehead atoms. The van der Waals surface area contributed by atoms with E-state index in [9.17, 15) is 14.0 Å². The van der Waals surface area contributed by atoms with Crippen LogP contribution in [-0.4, -0.2) is 44.0 Å². The first-order valence-corrected chi connectivity index (χ1v) is 11.0. The summed E-state index contributed by atoms with van der Waals surface area (Å²) < 4.78 is 13.3. The Bertz CT molecular complexity index is 1370. The lowest BCUT2D eigenvalue weighted by Crippen LogP contribution is -2.30. The van der Waals surface area contributed by atoms with E-state index in [1.165, 1.54) is 28.8 Å². The highest BCUT2D eigenvalue weighted by atomic mass is 32.2. The van der Waals surface area contributed by atoms with E-state index in [-0.39, 0.29) is 23.8 Å². The molecule has 2 heterocycles. The van der Waals surface area contributed by atoms with Crippen LogP contribution in [0.25, 0.3) is 22.3 Å². The van der Waals surface area contributed by atoms with Crippen LogP contribution < -0.4 is 5.56 Å². The third kappa shape index (κ3) is 4.24. The van der Waals surface area contributed by atoms with Gasteiger partial charge in [0.2, 0.25) is 0 Å². The fraction of sp³-hybridized carbons (Fsp3) is 0.174. The van der Waals surface area contributed by atoms with Gasteiger partial charge in [-0.2, -0.15) is 0 Å². The van der Waals surface area contributed by atoms with Crippen LogP contribution >= 0.6 is 11.8 Å². The maximum Gasteiger partial charge on any atom is 0.258 e. The molecule has 0 saturated carbocycles. The fourth-order valence-corrected chi connectivity index (χ4v) is 3.98. The van der Waals surface area contributed by atoms with Gasteiger partial charge in [0, 0.05) is 12.6 Å². The summed E-state index contributed by atoms with van der Waals surface area (Å²) in [7, 11) is 1.63. The van der Waals surface area contributed by atoms with Gasteiger partial charge in [0.05, 0.1) is 28.7 Å². The van der Waals surface area contributed by atoms with Crippen molar-refractivity contribution in [1.29, 1.82) is 0 Å². The summed E-state index contributed by atoms with van der Waals surface area (Å²) in [5.41, 5.74) is 1.88. The second kappa shape index (κ2) is 8.88. The van der Waals surface area contributed by atoms with Crippen molar-refractivity contribution in [1.82, 2.24) is 24.8 Å². The number of thioether (sulfide) groups is 1. The molecule has 0 atom stereocenters. The number of hydrogen-bond acceptors (Lipinski definition) is 6. The largest absolute Gasteiger partial charge is 0.334 e. The number of benzene rings is 2. The van der Waals surface area contributed by atoms with Crippen molar-refractivity contribution in [3.63, 3.8) is 0 Å². The van der Waals surface area contributed by atoms with Crippen LogP contribution in [-0.2, 0) is 6.54 Å². The van der Waals surface area contributed by atoms with Gasteiger partial charge in [-0.15, -0.1) is 11.8 Å². The molecule has 0 saturated heterocycles. The highest BCUT2D eigenvalue weighted by Gasteiger charge is 2.23. The first-order chi connectivity index (χ1) is 15.4. The van der Waals surface area contributed by atoms with Crippen LogP contribution in [0.15, 0.2) is 58.4 Å². The smallest absolute Gasteiger partial charge is 0.258 e. The van der Waals surface area contributed by atoms with Crippen LogP contribution in [0.1, 0.15) is 21.9 Å². The highest BCUT2D eigenvalue weighted by molar-refractivity contribution is 7.98. The fourth-order valence-electron chi connectivity index (χ4n) is 3.37. The summed E-state index contributed by atoms with van der Waals surface area (Å²) in [4.78, 5) is 43.2. The van der Waals surface area contributed by atoms with Crippen molar-refractivity contribution in [3.8, 4) is 11.4 Å². The summed E-state index contributed by atoms with van der Waals surface area (Å²) in [6.45, 7) is 1.86. The summed E-state index contributed by atoms with van der Waals surface area (Å²) in [6, 6.07) is 12.9. The van der Waals surface area contributed by atoms with Gasteiger partial charge < -0.3 is 9.88 Å². The Hall–Kier alpha value is -3.59. The molecule has 0 radical (unpaired) electrons. The number of nitrogens with zero attached hydrogens (tertiary/aromatic N) is 4. The first-order valence-electron chi connectivity index (χ1n) is 9.79. The monoisotopic (exact) mass is 449 g/mol. The quantitative estimate of drug-likeness (QED) is 0.368. The van der Waals surface area contributed by atoms with Gasteiger partial charge in [-0.3, -0.25) is 9.59 Å². The highest BCUT2D eigenvalue weighted by Crippen LogP contribution is 2.26. The normalized spacial score (nSPS) is 11.0. The number of hydrogen-bond donors (Lipinski definition) is 1.